The number of hydrogen-bond acceptors (Lipinski definition) is 7. The third kappa shape index (κ3) is 4.12. The molecule has 8 nitrogen and oxygen atoms in total. The summed E-state index contributed by atoms with van der Waals surface area (Å²) in [5.41, 5.74) is 1.16. The van der Waals surface area contributed by atoms with Crippen LogP contribution in [-0.2, 0) is 20.7 Å². The second-order valence-corrected chi connectivity index (χ2v) is 6.57. The van der Waals surface area contributed by atoms with Crippen LogP contribution in [0.1, 0.15) is 26.3 Å². The van der Waals surface area contributed by atoms with Gasteiger partial charge in [-0.15, -0.1) is 0 Å². The van der Waals surface area contributed by atoms with Gasteiger partial charge in [-0.2, -0.15) is 0 Å². The van der Waals surface area contributed by atoms with E-state index in [0.29, 0.717) is 27.6 Å². The lowest BCUT2D eigenvalue weighted by Gasteiger charge is -2.24. The SMILES string of the molecule is COC(=O)c1cc(OC)c(OC)cc1NC(=O)[C@H]1Cc2cc(Cl)ccc2C(=O)O1. The molecule has 0 radical (unpaired) electrons. The highest BCUT2D eigenvalue weighted by atomic mass is 35.5. The van der Waals surface area contributed by atoms with Crippen molar-refractivity contribution in [2.75, 3.05) is 26.6 Å². The van der Waals surface area contributed by atoms with Crippen molar-refractivity contribution in [1.29, 1.82) is 0 Å². The Hall–Kier alpha value is -3.26. The van der Waals surface area contributed by atoms with Gasteiger partial charge in [0.1, 0.15) is 0 Å². The van der Waals surface area contributed by atoms with E-state index in [1.807, 2.05) is 0 Å². The summed E-state index contributed by atoms with van der Waals surface area (Å²) < 4.78 is 20.4. The number of benzene rings is 2. The van der Waals surface area contributed by atoms with Crippen molar-refractivity contribution in [3.05, 3.63) is 52.0 Å². The molecule has 0 aliphatic carbocycles. The number of methoxy groups -OCH3 is 3. The first-order valence-electron chi connectivity index (χ1n) is 8.52. The fourth-order valence-electron chi connectivity index (χ4n) is 2.99. The highest BCUT2D eigenvalue weighted by Crippen LogP contribution is 2.34. The van der Waals surface area contributed by atoms with E-state index in [1.54, 1.807) is 18.2 Å². The number of cyclic esters (lactones) is 1. The molecular weight excluding hydrogens is 402 g/mol. The molecule has 0 fully saturated rings. The molecule has 1 aliphatic rings. The fourth-order valence-corrected chi connectivity index (χ4v) is 3.18. The molecule has 2 aromatic rings. The molecule has 1 atom stereocenters. The Morgan fingerprint density at radius 3 is 2.45 bits per heavy atom. The molecule has 1 amide bonds. The van der Waals surface area contributed by atoms with Gasteiger partial charge in [0.2, 0.25) is 0 Å². The fraction of sp³-hybridized carbons (Fsp3) is 0.250. The first-order chi connectivity index (χ1) is 13.9. The number of hydrogen-bond donors (Lipinski definition) is 1. The zero-order valence-electron chi connectivity index (χ0n) is 15.9. The molecule has 2 aromatic carbocycles. The molecule has 0 saturated heterocycles. The molecule has 0 bridgehead atoms. The largest absolute Gasteiger partial charge is 0.493 e. The maximum atomic E-state index is 12.8. The third-order valence-electron chi connectivity index (χ3n) is 4.42. The molecule has 152 valence electrons. The zero-order valence-corrected chi connectivity index (χ0v) is 16.7. The quantitative estimate of drug-likeness (QED) is 0.743. The number of anilines is 1. The van der Waals surface area contributed by atoms with Crippen LogP contribution in [-0.4, -0.2) is 45.3 Å². The predicted octanol–water partition coefficient (Wildman–Crippen LogP) is 2.86. The van der Waals surface area contributed by atoms with Gasteiger partial charge in [0, 0.05) is 23.6 Å². The van der Waals surface area contributed by atoms with Crippen LogP contribution in [0.4, 0.5) is 5.69 Å². The molecule has 1 heterocycles. The van der Waals surface area contributed by atoms with E-state index in [4.69, 9.17) is 30.5 Å². The number of ether oxygens (including phenoxy) is 4. The number of carbonyl (C=O) groups is 3. The van der Waals surface area contributed by atoms with E-state index >= 15 is 0 Å². The van der Waals surface area contributed by atoms with Gasteiger partial charge < -0.3 is 24.3 Å². The summed E-state index contributed by atoms with van der Waals surface area (Å²) in [5, 5.41) is 3.05. The van der Waals surface area contributed by atoms with Crippen molar-refractivity contribution in [1.82, 2.24) is 0 Å². The summed E-state index contributed by atoms with van der Waals surface area (Å²) in [6.45, 7) is 0. The van der Waals surface area contributed by atoms with Gasteiger partial charge in [-0.1, -0.05) is 11.6 Å². The van der Waals surface area contributed by atoms with E-state index in [9.17, 15) is 14.4 Å². The molecule has 9 heteroatoms. The highest BCUT2D eigenvalue weighted by Gasteiger charge is 2.32. The number of esters is 2. The van der Waals surface area contributed by atoms with Crippen LogP contribution in [0.3, 0.4) is 0 Å². The van der Waals surface area contributed by atoms with Crippen molar-refractivity contribution in [3.8, 4) is 11.5 Å². The summed E-state index contributed by atoms with van der Waals surface area (Å²) in [4.78, 5) is 37.1. The number of halogens is 1. The third-order valence-corrected chi connectivity index (χ3v) is 4.66. The van der Waals surface area contributed by atoms with E-state index in [0.717, 1.165) is 0 Å². The Kier molecular flexibility index (Phi) is 5.93. The molecular formula is C20H18ClNO7. The van der Waals surface area contributed by atoms with Crippen LogP contribution < -0.4 is 14.8 Å². The smallest absolute Gasteiger partial charge is 0.340 e. The number of amides is 1. The Labute approximate surface area is 171 Å². The molecule has 3 rings (SSSR count). The first-order valence-corrected chi connectivity index (χ1v) is 8.90. The van der Waals surface area contributed by atoms with Crippen molar-refractivity contribution in [2.45, 2.75) is 12.5 Å². The minimum Gasteiger partial charge on any atom is -0.493 e. The van der Waals surface area contributed by atoms with Gasteiger partial charge in [0.05, 0.1) is 38.1 Å². The number of fused-ring (bicyclic) bond motifs is 1. The van der Waals surface area contributed by atoms with E-state index in [1.165, 1.54) is 33.5 Å². The van der Waals surface area contributed by atoms with Gasteiger partial charge >= 0.3 is 11.9 Å². The first kappa shape index (κ1) is 20.5. The van der Waals surface area contributed by atoms with Crippen LogP contribution in [0.15, 0.2) is 30.3 Å². The Morgan fingerprint density at radius 2 is 1.79 bits per heavy atom. The molecule has 0 unspecified atom stereocenters. The maximum Gasteiger partial charge on any atom is 0.340 e. The summed E-state index contributed by atoms with van der Waals surface area (Å²) >= 11 is 5.99. The Morgan fingerprint density at radius 1 is 1.10 bits per heavy atom. The zero-order chi connectivity index (χ0) is 21.1. The summed E-state index contributed by atoms with van der Waals surface area (Å²) in [5.74, 6) is -1.32. The van der Waals surface area contributed by atoms with E-state index < -0.39 is 23.9 Å². The van der Waals surface area contributed by atoms with E-state index in [-0.39, 0.29) is 17.7 Å². The lowest BCUT2D eigenvalue weighted by molar-refractivity contribution is -0.125. The molecule has 0 spiro atoms. The second kappa shape index (κ2) is 8.40. The average Bonchev–Trinajstić information content (AvgIpc) is 2.72. The maximum absolute atomic E-state index is 12.8. The molecule has 1 aliphatic heterocycles. The second-order valence-electron chi connectivity index (χ2n) is 6.13. The van der Waals surface area contributed by atoms with Crippen LogP contribution in [0, 0.1) is 0 Å². The molecule has 29 heavy (non-hydrogen) atoms. The normalized spacial score (nSPS) is 15.0. The van der Waals surface area contributed by atoms with Crippen LogP contribution in [0.2, 0.25) is 5.02 Å². The average molecular weight is 420 g/mol. The van der Waals surface area contributed by atoms with Crippen molar-refractivity contribution in [3.63, 3.8) is 0 Å². The van der Waals surface area contributed by atoms with Crippen LogP contribution >= 0.6 is 11.6 Å². The summed E-state index contributed by atoms with van der Waals surface area (Å²) in [7, 11) is 4.06. The predicted molar refractivity (Wildman–Crippen MR) is 104 cm³/mol. The number of nitrogens with one attached hydrogen (secondary N) is 1. The number of carbonyl (C=O) groups excluding carboxylic acids is 3. The Bertz CT molecular complexity index is 989. The van der Waals surface area contributed by atoms with Gasteiger partial charge in [0.15, 0.2) is 17.6 Å². The molecule has 0 aromatic heterocycles. The number of rotatable bonds is 5. The molecule has 0 saturated carbocycles. The van der Waals surface area contributed by atoms with E-state index in [2.05, 4.69) is 5.32 Å². The topological polar surface area (TPSA) is 100 Å². The Balaban J connectivity index is 1.90. The summed E-state index contributed by atoms with van der Waals surface area (Å²) in [6, 6.07) is 7.57. The van der Waals surface area contributed by atoms with Crippen molar-refractivity contribution < 1.29 is 33.3 Å². The standard InChI is InChI=1S/C20H18ClNO7/c1-26-15-8-13(19(24)28-3)14(9-16(15)27-2)22-18(23)17-7-10-6-11(21)4-5-12(10)20(25)29-17/h4-6,8-9,17H,7H2,1-3H3,(H,22,23)/t17-/m1/s1. The van der Waals surface area contributed by atoms with Crippen molar-refractivity contribution in [2.24, 2.45) is 0 Å². The van der Waals surface area contributed by atoms with Gasteiger partial charge in [-0.25, -0.2) is 9.59 Å². The monoisotopic (exact) mass is 419 g/mol. The van der Waals surface area contributed by atoms with Crippen LogP contribution in [0.25, 0.3) is 0 Å². The lowest BCUT2D eigenvalue weighted by atomic mass is 9.98. The summed E-state index contributed by atoms with van der Waals surface area (Å²) in [6.07, 6.45) is -0.944. The minimum absolute atomic E-state index is 0.0593. The minimum atomic E-state index is -1.09. The van der Waals surface area contributed by atoms with Gasteiger partial charge in [0.25, 0.3) is 5.91 Å². The lowest BCUT2D eigenvalue weighted by Crippen LogP contribution is -2.38. The van der Waals surface area contributed by atoms with Gasteiger partial charge in [-0.05, 0) is 23.8 Å². The van der Waals surface area contributed by atoms with Gasteiger partial charge in [-0.3, -0.25) is 4.79 Å². The van der Waals surface area contributed by atoms with Crippen molar-refractivity contribution >= 4 is 35.1 Å². The van der Waals surface area contributed by atoms with Crippen LogP contribution in [0.5, 0.6) is 11.5 Å². The highest BCUT2D eigenvalue weighted by molar-refractivity contribution is 6.30. The molecule has 1 N–H and O–H groups in total.